The number of anilines is 1. The Hall–Kier alpha value is -3.93. The van der Waals surface area contributed by atoms with Crippen LogP contribution in [0, 0.1) is 6.92 Å². The van der Waals surface area contributed by atoms with Gasteiger partial charge in [0.1, 0.15) is 11.5 Å². The lowest BCUT2D eigenvalue weighted by Crippen LogP contribution is -2.43. The average Bonchev–Trinajstić information content (AvgIpc) is 3.22. The number of H-pyrrole nitrogens is 1. The van der Waals surface area contributed by atoms with Gasteiger partial charge in [-0.15, -0.1) is 0 Å². The largest absolute Gasteiger partial charge is 0.497 e. The number of nitrogens with one attached hydrogen (secondary N) is 2. The van der Waals surface area contributed by atoms with E-state index in [1.807, 2.05) is 11.0 Å². The lowest BCUT2D eigenvalue weighted by atomic mass is 9.92. The van der Waals surface area contributed by atoms with Crippen molar-refractivity contribution in [2.45, 2.75) is 19.4 Å². The molecule has 2 heterocycles. The van der Waals surface area contributed by atoms with Crippen molar-refractivity contribution in [3.63, 3.8) is 0 Å². The summed E-state index contributed by atoms with van der Waals surface area (Å²) in [7, 11) is 3.19. The van der Waals surface area contributed by atoms with E-state index < -0.39 is 0 Å². The standard InChI is InChI=1S/C27H27N3O3/c1-17-8-10-18(11-9-17)26-25-21(20-6-4-5-7-22(20)28-25)14-15-30(26)27(31)29-23-16-19(32-2)12-13-24(23)33-3/h4-13,16,26,28H,14-15H2,1-3H3,(H,29,31)/t26-/m1/s1. The lowest BCUT2D eigenvalue weighted by Gasteiger charge is -2.36. The third-order valence-electron chi connectivity index (χ3n) is 6.34. The number of rotatable bonds is 4. The highest BCUT2D eigenvalue weighted by Crippen LogP contribution is 2.39. The molecular formula is C27H27N3O3. The molecule has 6 heteroatoms. The predicted molar refractivity (Wildman–Crippen MR) is 130 cm³/mol. The Labute approximate surface area is 193 Å². The monoisotopic (exact) mass is 441 g/mol. The zero-order valence-electron chi connectivity index (χ0n) is 19.0. The number of hydrogen-bond donors (Lipinski definition) is 2. The number of methoxy groups -OCH3 is 2. The number of aryl methyl sites for hydroxylation is 1. The Bertz CT molecular complexity index is 1310. The molecule has 1 aromatic heterocycles. The van der Waals surface area contributed by atoms with Crippen LogP contribution in [0.1, 0.15) is 28.4 Å². The molecule has 0 radical (unpaired) electrons. The minimum Gasteiger partial charge on any atom is -0.497 e. The highest BCUT2D eigenvalue weighted by atomic mass is 16.5. The number of para-hydroxylation sites is 1. The van der Waals surface area contributed by atoms with Crippen LogP contribution in [-0.4, -0.2) is 36.7 Å². The number of aromatic amines is 1. The number of ether oxygens (including phenoxy) is 2. The van der Waals surface area contributed by atoms with Crippen molar-refractivity contribution in [2.75, 3.05) is 26.1 Å². The molecule has 0 unspecified atom stereocenters. The second-order valence-electron chi connectivity index (χ2n) is 8.32. The van der Waals surface area contributed by atoms with Crippen molar-refractivity contribution in [1.29, 1.82) is 0 Å². The van der Waals surface area contributed by atoms with Crippen LogP contribution in [0.5, 0.6) is 11.5 Å². The van der Waals surface area contributed by atoms with Crippen LogP contribution in [0.3, 0.4) is 0 Å². The zero-order chi connectivity index (χ0) is 22.9. The van der Waals surface area contributed by atoms with E-state index in [0.717, 1.165) is 23.2 Å². The summed E-state index contributed by atoms with van der Waals surface area (Å²) in [5.74, 6) is 1.23. The molecule has 0 fully saturated rings. The highest BCUT2D eigenvalue weighted by Gasteiger charge is 2.34. The molecular weight excluding hydrogens is 414 g/mol. The number of carbonyl (C=O) groups excluding carboxylic acids is 1. The molecule has 0 bridgehead atoms. The first-order chi connectivity index (χ1) is 16.1. The summed E-state index contributed by atoms with van der Waals surface area (Å²) >= 11 is 0. The van der Waals surface area contributed by atoms with Crippen LogP contribution in [0.25, 0.3) is 10.9 Å². The van der Waals surface area contributed by atoms with E-state index in [2.05, 4.69) is 59.7 Å². The smallest absolute Gasteiger partial charge is 0.322 e. The van der Waals surface area contributed by atoms with Crippen LogP contribution < -0.4 is 14.8 Å². The maximum absolute atomic E-state index is 13.6. The summed E-state index contributed by atoms with van der Waals surface area (Å²) in [5, 5.41) is 4.27. The molecule has 0 aliphatic carbocycles. The number of hydrogen-bond acceptors (Lipinski definition) is 3. The Morgan fingerprint density at radius 2 is 1.82 bits per heavy atom. The zero-order valence-corrected chi connectivity index (χ0v) is 19.0. The Morgan fingerprint density at radius 1 is 1.03 bits per heavy atom. The SMILES string of the molecule is COc1ccc(OC)c(NC(=O)N2CCc3c([nH]c4ccccc34)[C@H]2c2ccc(C)cc2)c1. The quantitative estimate of drug-likeness (QED) is 0.429. The van der Waals surface area contributed by atoms with E-state index >= 15 is 0 Å². The van der Waals surface area contributed by atoms with Gasteiger partial charge in [-0.3, -0.25) is 0 Å². The summed E-state index contributed by atoms with van der Waals surface area (Å²) in [6.07, 6.45) is 0.782. The molecule has 33 heavy (non-hydrogen) atoms. The van der Waals surface area contributed by atoms with Crippen molar-refractivity contribution >= 4 is 22.6 Å². The third kappa shape index (κ3) is 3.78. The van der Waals surface area contributed by atoms with Crippen LogP contribution in [-0.2, 0) is 6.42 Å². The summed E-state index contributed by atoms with van der Waals surface area (Å²) in [6.45, 7) is 2.67. The van der Waals surface area contributed by atoms with Crippen LogP contribution in [0.2, 0.25) is 0 Å². The van der Waals surface area contributed by atoms with Gasteiger partial charge in [0, 0.05) is 29.2 Å². The Morgan fingerprint density at radius 3 is 2.58 bits per heavy atom. The number of benzene rings is 3. The molecule has 2 N–H and O–H groups in total. The molecule has 2 amide bonds. The van der Waals surface area contributed by atoms with Crippen LogP contribution in [0.4, 0.5) is 10.5 Å². The van der Waals surface area contributed by atoms with Gasteiger partial charge in [-0.1, -0.05) is 48.0 Å². The number of urea groups is 1. The second-order valence-corrected chi connectivity index (χ2v) is 8.32. The van der Waals surface area contributed by atoms with Crippen LogP contribution >= 0.6 is 0 Å². The molecule has 0 saturated heterocycles. The Kier molecular flexibility index (Phi) is 5.42. The van der Waals surface area contributed by atoms with Gasteiger partial charge < -0.3 is 24.7 Å². The van der Waals surface area contributed by atoms with Crippen molar-refractivity contribution in [3.8, 4) is 11.5 Å². The first kappa shape index (κ1) is 20.9. The number of amides is 2. The fraction of sp³-hybridized carbons (Fsp3) is 0.222. The van der Waals surface area contributed by atoms with E-state index in [1.54, 1.807) is 32.4 Å². The molecule has 1 atom stereocenters. The topological polar surface area (TPSA) is 66.6 Å². The number of nitrogens with zero attached hydrogens (tertiary/aromatic N) is 1. The summed E-state index contributed by atoms with van der Waals surface area (Å²) in [6, 6.07) is 21.7. The minimum absolute atomic E-state index is 0.184. The normalized spacial score (nSPS) is 15.2. The van der Waals surface area contributed by atoms with Crippen molar-refractivity contribution < 1.29 is 14.3 Å². The molecule has 0 saturated carbocycles. The second kappa shape index (κ2) is 8.54. The van der Waals surface area contributed by atoms with Gasteiger partial charge in [-0.25, -0.2) is 4.79 Å². The van der Waals surface area contributed by atoms with Crippen molar-refractivity contribution in [1.82, 2.24) is 9.88 Å². The highest BCUT2D eigenvalue weighted by molar-refractivity contribution is 5.93. The van der Waals surface area contributed by atoms with Gasteiger partial charge in [0.2, 0.25) is 0 Å². The fourth-order valence-electron chi connectivity index (χ4n) is 4.65. The molecule has 3 aromatic carbocycles. The first-order valence-electron chi connectivity index (χ1n) is 11.0. The average molecular weight is 442 g/mol. The Balaban J connectivity index is 1.56. The molecule has 168 valence electrons. The van der Waals surface area contributed by atoms with Gasteiger partial charge in [0.05, 0.1) is 25.9 Å². The predicted octanol–water partition coefficient (Wildman–Crippen LogP) is 5.67. The molecule has 5 rings (SSSR count). The van der Waals surface area contributed by atoms with E-state index in [-0.39, 0.29) is 12.1 Å². The molecule has 6 nitrogen and oxygen atoms in total. The fourth-order valence-corrected chi connectivity index (χ4v) is 4.65. The van der Waals surface area contributed by atoms with Gasteiger partial charge in [0.25, 0.3) is 0 Å². The minimum atomic E-state index is -0.224. The summed E-state index contributed by atoms with van der Waals surface area (Å²) in [5.41, 5.74) is 6.27. The van der Waals surface area contributed by atoms with Crippen molar-refractivity contribution in [3.05, 3.63) is 89.1 Å². The van der Waals surface area contributed by atoms with Gasteiger partial charge >= 0.3 is 6.03 Å². The number of aromatic nitrogens is 1. The molecule has 0 spiro atoms. The van der Waals surface area contributed by atoms with Crippen LogP contribution in [0.15, 0.2) is 66.7 Å². The van der Waals surface area contributed by atoms with Gasteiger partial charge in [-0.2, -0.15) is 0 Å². The number of carbonyl (C=O) groups is 1. The molecule has 1 aliphatic heterocycles. The summed E-state index contributed by atoms with van der Waals surface area (Å²) in [4.78, 5) is 19.1. The van der Waals surface area contributed by atoms with Gasteiger partial charge in [0.15, 0.2) is 0 Å². The maximum atomic E-state index is 13.6. The van der Waals surface area contributed by atoms with E-state index in [0.29, 0.717) is 23.7 Å². The van der Waals surface area contributed by atoms with Gasteiger partial charge in [-0.05, 0) is 42.7 Å². The van der Waals surface area contributed by atoms with E-state index in [9.17, 15) is 4.79 Å². The summed E-state index contributed by atoms with van der Waals surface area (Å²) < 4.78 is 10.8. The van der Waals surface area contributed by atoms with E-state index in [1.165, 1.54) is 16.5 Å². The first-order valence-corrected chi connectivity index (χ1v) is 11.0. The molecule has 4 aromatic rings. The maximum Gasteiger partial charge on any atom is 0.322 e. The lowest BCUT2D eigenvalue weighted by molar-refractivity contribution is 0.193. The number of fused-ring (bicyclic) bond motifs is 3. The van der Waals surface area contributed by atoms with E-state index in [4.69, 9.17) is 9.47 Å². The molecule has 1 aliphatic rings. The third-order valence-corrected chi connectivity index (χ3v) is 6.34. The van der Waals surface area contributed by atoms with Crippen molar-refractivity contribution in [2.24, 2.45) is 0 Å².